The van der Waals surface area contributed by atoms with Gasteiger partial charge in [0.25, 0.3) is 5.69 Å². The number of nitrogens with zero attached hydrogens (tertiary/aromatic N) is 6. The molecule has 9 heteroatoms. The van der Waals surface area contributed by atoms with Gasteiger partial charge in [0, 0.05) is 17.8 Å². The number of carbonyl (C=O) groups excluding carboxylic acids is 1. The molecule has 0 radical (unpaired) electrons. The summed E-state index contributed by atoms with van der Waals surface area (Å²) in [4.78, 5) is 28.6. The summed E-state index contributed by atoms with van der Waals surface area (Å²) in [5, 5.41) is 19.9. The molecule has 2 fully saturated rings. The number of fused-ring (bicyclic) bond motifs is 2. The number of hydrogen-bond acceptors (Lipinski definition) is 6. The average Bonchev–Trinajstić information content (AvgIpc) is 3.54. The van der Waals surface area contributed by atoms with E-state index in [1.54, 1.807) is 17.0 Å². The Balaban J connectivity index is 1.41. The highest BCUT2D eigenvalue weighted by molar-refractivity contribution is 6.00. The first-order valence-electron chi connectivity index (χ1n) is 11.3. The summed E-state index contributed by atoms with van der Waals surface area (Å²) in [7, 11) is 0. The predicted molar refractivity (Wildman–Crippen MR) is 126 cm³/mol. The van der Waals surface area contributed by atoms with E-state index in [4.69, 9.17) is 0 Å². The van der Waals surface area contributed by atoms with E-state index in [1.807, 2.05) is 59.3 Å². The molecule has 1 aromatic heterocycles. The van der Waals surface area contributed by atoms with Crippen LogP contribution in [0.15, 0.2) is 78.9 Å². The summed E-state index contributed by atoms with van der Waals surface area (Å²) >= 11 is 0. The van der Waals surface area contributed by atoms with Gasteiger partial charge in [0.1, 0.15) is 11.7 Å². The molecular formula is C25H22N6O3. The van der Waals surface area contributed by atoms with E-state index in [-0.39, 0.29) is 30.0 Å². The Morgan fingerprint density at radius 1 is 0.912 bits per heavy atom. The first kappa shape index (κ1) is 20.5. The second-order valence-electron chi connectivity index (χ2n) is 8.70. The third kappa shape index (κ3) is 3.24. The van der Waals surface area contributed by atoms with Crippen LogP contribution in [0.25, 0.3) is 11.0 Å². The zero-order chi connectivity index (χ0) is 23.2. The normalized spacial score (nSPS) is 22.4. The number of benzene rings is 3. The number of aromatic nitrogens is 3. The van der Waals surface area contributed by atoms with Crippen molar-refractivity contribution in [3.05, 3.63) is 94.5 Å². The number of rotatable bonds is 5. The Bertz CT molecular complexity index is 1370. The SMILES string of the molecule is O=C1C(Cc2ccccc2)N2C(CCC2n2nnc3ccccc32)N1c1ccc([N+](=O)[O-])cc1. The summed E-state index contributed by atoms with van der Waals surface area (Å²) in [5.74, 6) is -0.00294. The number of nitro benzene ring substituents is 1. The van der Waals surface area contributed by atoms with Crippen LogP contribution in [0.3, 0.4) is 0 Å². The molecule has 2 aliphatic heterocycles. The van der Waals surface area contributed by atoms with Gasteiger partial charge in [0.2, 0.25) is 5.91 Å². The van der Waals surface area contributed by atoms with Crippen LogP contribution in [0.2, 0.25) is 0 Å². The third-order valence-electron chi connectivity index (χ3n) is 6.82. The molecule has 9 nitrogen and oxygen atoms in total. The fourth-order valence-electron chi connectivity index (χ4n) is 5.33. The lowest BCUT2D eigenvalue weighted by atomic mass is 10.0. The number of amides is 1. The van der Waals surface area contributed by atoms with E-state index in [9.17, 15) is 14.9 Å². The first-order chi connectivity index (χ1) is 16.6. The van der Waals surface area contributed by atoms with Crippen molar-refractivity contribution in [1.29, 1.82) is 0 Å². The molecule has 3 unspecified atom stereocenters. The second kappa shape index (κ2) is 8.03. The number of nitro groups is 1. The van der Waals surface area contributed by atoms with Crippen LogP contribution in [0.1, 0.15) is 24.6 Å². The molecule has 6 rings (SSSR count). The quantitative estimate of drug-likeness (QED) is 0.335. The van der Waals surface area contributed by atoms with Crippen molar-refractivity contribution in [1.82, 2.24) is 19.9 Å². The van der Waals surface area contributed by atoms with E-state index in [1.165, 1.54) is 12.1 Å². The summed E-state index contributed by atoms with van der Waals surface area (Å²) < 4.78 is 1.93. The van der Waals surface area contributed by atoms with Gasteiger partial charge in [-0.2, -0.15) is 0 Å². The molecular weight excluding hydrogens is 432 g/mol. The number of hydrogen-bond donors (Lipinski definition) is 0. The molecule has 1 amide bonds. The molecule has 3 heterocycles. The maximum Gasteiger partial charge on any atom is 0.269 e. The van der Waals surface area contributed by atoms with Crippen molar-refractivity contribution in [2.45, 2.75) is 37.6 Å². The molecule has 0 bridgehead atoms. The number of anilines is 1. The number of para-hydroxylation sites is 1. The van der Waals surface area contributed by atoms with Crippen LogP contribution >= 0.6 is 0 Å². The summed E-state index contributed by atoms with van der Waals surface area (Å²) in [5.41, 5.74) is 3.52. The van der Waals surface area contributed by atoms with Crippen molar-refractivity contribution in [3.63, 3.8) is 0 Å². The first-order valence-corrected chi connectivity index (χ1v) is 11.3. The molecule has 3 atom stereocenters. The van der Waals surface area contributed by atoms with Gasteiger partial charge in [-0.15, -0.1) is 5.10 Å². The van der Waals surface area contributed by atoms with E-state index < -0.39 is 4.92 Å². The van der Waals surface area contributed by atoms with E-state index in [0.29, 0.717) is 12.1 Å². The van der Waals surface area contributed by atoms with Crippen molar-refractivity contribution in [2.75, 3.05) is 4.90 Å². The maximum atomic E-state index is 13.8. The maximum absolute atomic E-state index is 13.8. The smallest absolute Gasteiger partial charge is 0.269 e. The average molecular weight is 454 g/mol. The lowest BCUT2D eigenvalue weighted by Gasteiger charge is -2.29. The highest BCUT2D eigenvalue weighted by Gasteiger charge is 2.53. The van der Waals surface area contributed by atoms with Gasteiger partial charge in [-0.3, -0.25) is 19.8 Å². The molecule has 0 saturated carbocycles. The molecule has 3 aromatic carbocycles. The van der Waals surface area contributed by atoms with Crippen molar-refractivity contribution < 1.29 is 9.72 Å². The third-order valence-corrected chi connectivity index (χ3v) is 6.82. The fourth-order valence-corrected chi connectivity index (χ4v) is 5.33. The molecule has 170 valence electrons. The largest absolute Gasteiger partial charge is 0.295 e. The molecule has 2 aliphatic rings. The van der Waals surface area contributed by atoms with Crippen LogP contribution in [0, 0.1) is 10.1 Å². The Hall–Kier alpha value is -4.11. The molecule has 0 spiro atoms. The Labute approximate surface area is 195 Å². The van der Waals surface area contributed by atoms with E-state index in [0.717, 1.165) is 29.4 Å². The van der Waals surface area contributed by atoms with Gasteiger partial charge in [0.05, 0.1) is 22.6 Å². The van der Waals surface area contributed by atoms with Gasteiger partial charge >= 0.3 is 0 Å². The summed E-state index contributed by atoms with van der Waals surface area (Å²) in [6.45, 7) is 0. The summed E-state index contributed by atoms with van der Waals surface area (Å²) in [6.07, 6.45) is 1.89. The fraction of sp³-hybridized carbons (Fsp3) is 0.240. The van der Waals surface area contributed by atoms with Gasteiger partial charge < -0.3 is 0 Å². The minimum atomic E-state index is -0.429. The monoisotopic (exact) mass is 454 g/mol. The minimum absolute atomic E-state index is 0.00294. The molecule has 0 N–H and O–H groups in total. The highest BCUT2D eigenvalue weighted by Crippen LogP contribution is 2.44. The van der Waals surface area contributed by atoms with Crippen LogP contribution < -0.4 is 4.90 Å². The van der Waals surface area contributed by atoms with Gasteiger partial charge in [0.15, 0.2) is 0 Å². The zero-order valence-corrected chi connectivity index (χ0v) is 18.3. The Morgan fingerprint density at radius 2 is 1.62 bits per heavy atom. The topological polar surface area (TPSA) is 97.4 Å². The van der Waals surface area contributed by atoms with E-state index >= 15 is 0 Å². The van der Waals surface area contributed by atoms with Gasteiger partial charge in [-0.25, -0.2) is 9.58 Å². The minimum Gasteiger partial charge on any atom is -0.295 e. The standard InChI is InChI=1S/C25H22N6O3/c32-25-22(16-17-6-2-1-3-7-17)29-23(28(25)18-10-12-19(13-11-18)31(33)34)14-15-24(29)30-21-9-5-4-8-20(21)26-27-30/h1-13,22-24H,14-16H2. The second-order valence-corrected chi connectivity index (χ2v) is 8.70. The zero-order valence-electron chi connectivity index (χ0n) is 18.3. The lowest BCUT2D eigenvalue weighted by Crippen LogP contribution is -2.40. The Kier molecular flexibility index (Phi) is 4.84. The number of carbonyl (C=O) groups is 1. The molecule has 2 saturated heterocycles. The Morgan fingerprint density at radius 3 is 2.38 bits per heavy atom. The van der Waals surface area contributed by atoms with Crippen LogP contribution in [-0.4, -0.2) is 42.9 Å². The highest BCUT2D eigenvalue weighted by atomic mass is 16.6. The van der Waals surface area contributed by atoms with Crippen molar-refractivity contribution in [2.24, 2.45) is 0 Å². The van der Waals surface area contributed by atoms with Crippen molar-refractivity contribution in [3.8, 4) is 0 Å². The van der Waals surface area contributed by atoms with Crippen LogP contribution in [0.5, 0.6) is 0 Å². The molecule has 4 aromatic rings. The van der Waals surface area contributed by atoms with Crippen LogP contribution in [0.4, 0.5) is 11.4 Å². The molecule has 34 heavy (non-hydrogen) atoms. The lowest BCUT2D eigenvalue weighted by molar-refractivity contribution is -0.384. The van der Waals surface area contributed by atoms with Gasteiger partial charge in [-0.05, 0) is 49.1 Å². The molecule has 0 aliphatic carbocycles. The number of non-ortho nitro benzene ring substituents is 1. The van der Waals surface area contributed by atoms with Crippen LogP contribution in [-0.2, 0) is 11.2 Å². The predicted octanol–water partition coefficient (Wildman–Crippen LogP) is 3.92. The van der Waals surface area contributed by atoms with E-state index in [2.05, 4.69) is 15.2 Å². The van der Waals surface area contributed by atoms with Gasteiger partial charge in [-0.1, -0.05) is 47.7 Å². The van der Waals surface area contributed by atoms with Crippen molar-refractivity contribution >= 4 is 28.3 Å². The summed E-state index contributed by atoms with van der Waals surface area (Å²) in [6, 6.07) is 23.7.